The first-order chi connectivity index (χ1) is 11.4. The normalized spacial score (nSPS) is 10.8. The van der Waals surface area contributed by atoms with Gasteiger partial charge in [0.05, 0.1) is 0 Å². The second-order valence-electron chi connectivity index (χ2n) is 5.31. The van der Waals surface area contributed by atoms with Crippen molar-refractivity contribution >= 4 is 0 Å². The maximum absolute atomic E-state index is 5.48. The Morgan fingerprint density at radius 2 is 1.65 bits per heavy atom. The van der Waals surface area contributed by atoms with Crippen LogP contribution in [0, 0.1) is 0 Å². The first-order valence-corrected chi connectivity index (χ1v) is 7.48. The fourth-order valence-corrected chi connectivity index (χ4v) is 2.57. The molecule has 4 aromatic rings. The predicted octanol–water partition coefficient (Wildman–Crippen LogP) is 4.25. The summed E-state index contributed by atoms with van der Waals surface area (Å²) in [5, 5.41) is 4.18. The Labute approximate surface area is 134 Å². The molecular weight excluding hydrogens is 286 g/mol. The van der Waals surface area contributed by atoms with E-state index in [0.29, 0.717) is 0 Å². The number of hydrogen-bond donors (Lipinski definition) is 0. The van der Waals surface area contributed by atoms with Gasteiger partial charge >= 0.3 is 0 Å². The molecule has 0 atom stereocenters. The summed E-state index contributed by atoms with van der Waals surface area (Å²) in [7, 11) is 0. The van der Waals surface area contributed by atoms with Gasteiger partial charge in [-0.1, -0.05) is 65.8 Å². The van der Waals surface area contributed by atoms with Crippen molar-refractivity contribution in [2.45, 2.75) is 6.54 Å². The Hall–Kier alpha value is -3.14. The number of hydrogen-bond acceptors (Lipinski definition) is 3. The fourth-order valence-electron chi connectivity index (χ4n) is 2.57. The quantitative estimate of drug-likeness (QED) is 0.566. The van der Waals surface area contributed by atoms with Crippen LogP contribution < -0.4 is 0 Å². The Bertz CT molecular complexity index is 895. The van der Waals surface area contributed by atoms with Gasteiger partial charge in [0.25, 0.3) is 0 Å². The number of benzene rings is 2. The van der Waals surface area contributed by atoms with Crippen LogP contribution in [0.4, 0.5) is 0 Å². The zero-order chi connectivity index (χ0) is 15.5. The molecule has 2 aromatic heterocycles. The lowest BCUT2D eigenvalue weighted by atomic mass is 10.1. The molecule has 23 heavy (non-hydrogen) atoms. The Balaban J connectivity index is 1.65. The van der Waals surface area contributed by atoms with Crippen LogP contribution in [0.15, 0.2) is 83.6 Å². The summed E-state index contributed by atoms with van der Waals surface area (Å²) in [6, 6.07) is 22.2. The van der Waals surface area contributed by atoms with E-state index in [1.807, 2.05) is 60.8 Å². The molecule has 112 valence electrons. The summed E-state index contributed by atoms with van der Waals surface area (Å²) in [4.78, 5) is 4.43. The van der Waals surface area contributed by atoms with Crippen LogP contribution in [-0.4, -0.2) is 14.7 Å². The van der Waals surface area contributed by atoms with Crippen molar-refractivity contribution in [3.63, 3.8) is 0 Å². The Morgan fingerprint density at radius 1 is 0.913 bits per heavy atom. The molecule has 2 heterocycles. The van der Waals surface area contributed by atoms with Gasteiger partial charge in [-0.05, 0) is 5.56 Å². The molecule has 0 fully saturated rings. The van der Waals surface area contributed by atoms with E-state index in [9.17, 15) is 0 Å². The van der Waals surface area contributed by atoms with Gasteiger partial charge in [-0.25, -0.2) is 4.98 Å². The van der Waals surface area contributed by atoms with Crippen molar-refractivity contribution in [3.05, 3.63) is 84.7 Å². The SMILES string of the molecule is c1ccc(Cn2ccnc2-c2cc(-c3ccccc3)on2)cc1. The van der Waals surface area contributed by atoms with Gasteiger partial charge in [0, 0.05) is 30.6 Å². The van der Waals surface area contributed by atoms with Gasteiger partial charge in [0.15, 0.2) is 11.6 Å². The second-order valence-corrected chi connectivity index (χ2v) is 5.31. The highest BCUT2D eigenvalue weighted by Crippen LogP contribution is 2.25. The summed E-state index contributed by atoms with van der Waals surface area (Å²) in [6.07, 6.45) is 3.74. The maximum Gasteiger partial charge on any atom is 0.167 e. The summed E-state index contributed by atoms with van der Waals surface area (Å²) < 4.78 is 7.55. The van der Waals surface area contributed by atoms with Gasteiger partial charge < -0.3 is 9.09 Å². The average Bonchev–Trinajstić information content (AvgIpc) is 3.25. The lowest BCUT2D eigenvalue weighted by Gasteiger charge is -2.05. The fraction of sp³-hybridized carbons (Fsp3) is 0.0526. The van der Waals surface area contributed by atoms with Gasteiger partial charge in [0.1, 0.15) is 5.69 Å². The van der Waals surface area contributed by atoms with Crippen LogP contribution in [0.25, 0.3) is 22.8 Å². The Kier molecular flexibility index (Phi) is 3.48. The molecule has 4 nitrogen and oxygen atoms in total. The summed E-state index contributed by atoms with van der Waals surface area (Å²) in [6.45, 7) is 0.754. The molecule has 0 aliphatic rings. The molecule has 0 saturated carbocycles. The number of nitrogens with zero attached hydrogens (tertiary/aromatic N) is 3. The van der Waals surface area contributed by atoms with Gasteiger partial charge in [-0.15, -0.1) is 0 Å². The largest absolute Gasteiger partial charge is 0.356 e. The highest BCUT2D eigenvalue weighted by molar-refractivity contribution is 5.63. The monoisotopic (exact) mass is 301 g/mol. The van der Waals surface area contributed by atoms with E-state index in [2.05, 4.69) is 26.8 Å². The van der Waals surface area contributed by atoms with Crippen LogP contribution in [0.2, 0.25) is 0 Å². The molecule has 0 amide bonds. The van der Waals surface area contributed by atoms with Gasteiger partial charge in [-0.2, -0.15) is 0 Å². The highest BCUT2D eigenvalue weighted by Gasteiger charge is 2.13. The topological polar surface area (TPSA) is 43.9 Å². The first kappa shape index (κ1) is 13.5. The van der Waals surface area contributed by atoms with Crippen LogP contribution in [0.3, 0.4) is 0 Å². The lowest BCUT2D eigenvalue weighted by molar-refractivity contribution is 0.434. The van der Waals surface area contributed by atoms with Crippen molar-refractivity contribution < 1.29 is 4.52 Å². The molecule has 0 bridgehead atoms. The molecule has 0 N–H and O–H groups in total. The zero-order valence-electron chi connectivity index (χ0n) is 12.5. The first-order valence-electron chi connectivity index (χ1n) is 7.48. The summed E-state index contributed by atoms with van der Waals surface area (Å²) in [5.41, 5.74) is 2.97. The minimum Gasteiger partial charge on any atom is -0.356 e. The van der Waals surface area contributed by atoms with E-state index >= 15 is 0 Å². The number of aromatic nitrogens is 3. The minimum absolute atomic E-state index is 0.741. The number of imidazole rings is 1. The second kappa shape index (κ2) is 5.93. The molecule has 0 saturated heterocycles. The van der Waals surface area contributed by atoms with E-state index < -0.39 is 0 Å². The van der Waals surface area contributed by atoms with Crippen LogP contribution in [0.1, 0.15) is 5.56 Å². The van der Waals surface area contributed by atoms with Gasteiger partial charge in [-0.3, -0.25) is 0 Å². The average molecular weight is 301 g/mol. The summed E-state index contributed by atoms with van der Waals surface area (Å²) >= 11 is 0. The standard InChI is InChI=1S/C19H15N3O/c1-3-7-15(8-4-1)14-22-12-11-20-19(22)17-13-18(23-21-17)16-9-5-2-6-10-16/h1-13H,14H2. The van der Waals surface area contributed by atoms with E-state index in [4.69, 9.17) is 4.52 Å². The molecular formula is C19H15N3O. The molecule has 0 radical (unpaired) electrons. The third kappa shape index (κ3) is 2.79. The minimum atomic E-state index is 0.741. The molecule has 0 spiro atoms. The van der Waals surface area contributed by atoms with E-state index in [-0.39, 0.29) is 0 Å². The number of rotatable bonds is 4. The maximum atomic E-state index is 5.48. The Morgan fingerprint density at radius 3 is 2.43 bits per heavy atom. The lowest BCUT2D eigenvalue weighted by Crippen LogP contribution is -2.00. The molecule has 0 unspecified atom stereocenters. The van der Waals surface area contributed by atoms with Crippen molar-refractivity contribution in [3.8, 4) is 22.8 Å². The zero-order valence-corrected chi connectivity index (χ0v) is 12.5. The van der Waals surface area contributed by atoms with Crippen molar-refractivity contribution in [1.82, 2.24) is 14.7 Å². The van der Waals surface area contributed by atoms with Gasteiger partial charge in [0.2, 0.25) is 0 Å². The van der Waals surface area contributed by atoms with E-state index in [1.54, 1.807) is 6.20 Å². The third-order valence-corrected chi connectivity index (χ3v) is 3.71. The molecule has 2 aromatic carbocycles. The van der Waals surface area contributed by atoms with Crippen molar-refractivity contribution in [2.75, 3.05) is 0 Å². The molecule has 4 rings (SSSR count). The summed E-state index contributed by atoms with van der Waals surface area (Å²) in [5.74, 6) is 1.55. The van der Waals surface area contributed by atoms with Crippen LogP contribution >= 0.6 is 0 Å². The predicted molar refractivity (Wildman–Crippen MR) is 88.7 cm³/mol. The van der Waals surface area contributed by atoms with Crippen molar-refractivity contribution in [1.29, 1.82) is 0 Å². The van der Waals surface area contributed by atoms with Crippen molar-refractivity contribution in [2.24, 2.45) is 0 Å². The third-order valence-electron chi connectivity index (χ3n) is 3.71. The van der Waals surface area contributed by atoms with Crippen LogP contribution in [-0.2, 0) is 6.54 Å². The smallest absolute Gasteiger partial charge is 0.167 e. The van der Waals surface area contributed by atoms with E-state index in [1.165, 1.54) is 5.56 Å². The molecule has 0 aliphatic heterocycles. The molecule has 4 heteroatoms. The molecule has 0 aliphatic carbocycles. The van der Waals surface area contributed by atoms with Crippen LogP contribution in [0.5, 0.6) is 0 Å². The highest BCUT2D eigenvalue weighted by atomic mass is 16.5. The van der Waals surface area contributed by atoms with E-state index in [0.717, 1.165) is 29.4 Å².